The molecule has 0 bridgehead atoms. The lowest BCUT2D eigenvalue weighted by molar-refractivity contribution is -0.126. The first kappa shape index (κ1) is 18.0. The van der Waals surface area contributed by atoms with Crippen molar-refractivity contribution in [3.63, 3.8) is 0 Å². The highest BCUT2D eigenvalue weighted by atomic mass is 16.2. The van der Waals surface area contributed by atoms with Crippen LogP contribution >= 0.6 is 0 Å². The van der Waals surface area contributed by atoms with Gasteiger partial charge in [-0.05, 0) is 38.3 Å². The van der Waals surface area contributed by atoms with Crippen molar-refractivity contribution in [3.8, 4) is 0 Å². The number of rotatable bonds is 6. The summed E-state index contributed by atoms with van der Waals surface area (Å²) in [5.74, 6) is 0.724. The number of amides is 3. The van der Waals surface area contributed by atoms with Gasteiger partial charge in [-0.3, -0.25) is 4.79 Å². The second kappa shape index (κ2) is 8.52. The van der Waals surface area contributed by atoms with Crippen LogP contribution in [0, 0.1) is 5.92 Å². The molecule has 1 aliphatic rings. The molecule has 2 heterocycles. The predicted molar refractivity (Wildman–Crippen MR) is 93.5 cm³/mol. The number of carbonyl (C=O) groups excluding carboxylic acids is 2. The number of nitrogens with two attached hydrogens (primary N) is 1. The normalized spacial score (nSPS) is 17.4. The van der Waals surface area contributed by atoms with E-state index in [0.717, 1.165) is 37.3 Å². The summed E-state index contributed by atoms with van der Waals surface area (Å²) >= 11 is 0. The first-order valence-electron chi connectivity index (χ1n) is 8.57. The molecule has 1 aromatic heterocycles. The number of likely N-dealkylation sites (tertiary alicyclic amines) is 1. The number of pyridine rings is 1. The lowest BCUT2D eigenvalue weighted by Crippen LogP contribution is -2.47. The van der Waals surface area contributed by atoms with Crippen molar-refractivity contribution < 1.29 is 9.59 Å². The van der Waals surface area contributed by atoms with E-state index in [4.69, 9.17) is 5.73 Å². The Morgan fingerprint density at radius 1 is 1.38 bits per heavy atom. The first-order chi connectivity index (χ1) is 11.5. The number of nitrogens with zero attached hydrogens (tertiary/aromatic N) is 3. The summed E-state index contributed by atoms with van der Waals surface area (Å²) in [6.07, 6.45) is 3.39. The van der Waals surface area contributed by atoms with Crippen LogP contribution < -0.4 is 16.0 Å². The Kier molecular flexibility index (Phi) is 6.40. The summed E-state index contributed by atoms with van der Waals surface area (Å²) < 4.78 is 0. The molecule has 0 aromatic carbocycles. The van der Waals surface area contributed by atoms with Crippen molar-refractivity contribution in [1.29, 1.82) is 0 Å². The minimum atomic E-state index is -0.455. The molecule has 1 fully saturated rings. The Labute approximate surface area is 143 Å². The number of carbonyl (C=O) groups is 2. The maximum absolute atomic E-state index is 12.3. The van der Waals surface area contributed by atoms with Crippen LogP contribution in [0.4, 0.5) is 10.6 Å². The molecule has 3 amide bonds. The molecule has 1 atom stereocenters. The Morgan fingerprint density at radius 3 is 2.71 bits per heavy atom. The average molecular weight is 333 g/mol. The first-order valence-corrected chi connectivity index (χ1v) is 8.57. The van der Waals surface area contributed by atoms with E-state index in [9.17, 15) is 9.59 Å². The van der Waals surface area contributed by atoms with Crippen molar-refractivity contribution >= 4 is 17.8 Å². The van der Waals surface area contributed by atoms with Gasteiger partial charge in [-0.15, -0.1) is 0 Å². The lowest BCUT2D eigenvalue weighted by Gasteiger charge is -2.30. The zero-order chi connectivity index (χ0) is 17.5. The number of nitrogens with one attached hydrogen (secondary N) is 1. The second-order valence-electron chi connectivity index (χ2n) is 6.04. The third-order valence-corrected chi connectivity index (χ3v) is 4.47. The standard InChI is InChI=1S/C17H27N5O2/c1-3-21(4-2)15-8-7-13(10-19-15)11-20-16(23)14-6-5-9-22(12-14)17(18)24/h7-8,10,14H,3-6,9,11-12H2,1-2H3,(H2,18,24)(H,20,23)/t14-/m1/s1. The van der Waals surface area contributed by atoms with Crippen LogP contribution in [0.1, 0.15) is 32.3 Å². The van der Waals surface area contributed by atoms with Gasteiger partial charge in [-0.25, -0.2) is 9.78 Å². The zero-order valence-corrected chi connectivity index (χ0v) is 14.5. The molecule has 7 heteroatoms. The Balaban J connectivity index is 1.86. The maximum Gasteiger partial charge on any atom is 0.314 e. The highest BCUT2D eigenvalue weighted by Crippen LogP contribution is 2.17. The second-order valence-corrected chi connectivity index (χ2v) is 6.04. The summed E-state index contributed by atoms with van der Waals surface area (Å²) in [5.41, 5.74) is 6.26. The van der Waals surface area contributed by atoms with Crippen molar-refractivity contribution in [3.05, 3.63) is 23.9 Å². The SMILES string of the molecule is CCN(CC)c1ccc(CNC(=O)[C@@H]2CCCN(C(N)=O)C2)cn1. The molecule has 0 aliphatic carbocycles. The summed E-state index contributed by atoms with van der Waals surface area (Å²) in [6.45, 7) is 7.50. The van der Waals surface area contributed by atoms with Crippen LogP contribution in [0.5, 0.6) is 0 Å². The van der Waals surface area contributed by atoms with Gasteiger partial charge in [-0.1, -0.05) is 6.07 Å². The molecule has 1 aliphatic heterocycles. The van der Waals surface area contributed by atoms with Crippen molar-refractivity contribution in [1.82, 2.24) is 15.2 Å². The summed E-state index contributed by atoms with van der Waals surface area (Å²) in [5, 5.41) is 2.93. The minimum absolute atomic E-state index is 0.0335. The van der Waals surface area contributed by atoms with E-state index in [1.54, 1.807) is 6.20 Å². The van der Waals surface area contributed by atoms with Gasteiger partial charge < -0.3 is 20.9 Å². The predicted octanol–water partition coefficient (Wildman–Crippen LogP) is 1.33. The molecule has 7 nitrogen and oxygen atoms in total. The molecule has 3 N–H and O–H groups in total. The topological polar surface area (TPSA) is 91.6 Å². The van der Waals surface area contributed by atoms with E-state index < -0.39 is 6.03 Å². The molecule has 24 heavy (non-hydrogen) atoms. The summed E-state index contributed by atoms with van der Waals surface area (Å²) in [6, 6.07) is 3.50. The van der Waals surface area contributed by atoms with E-state index in [2.05, 4.69) is 29.0 Å². The Hall–Kier alpha value is -2.31. The number of primary amides is 1. The number of hydrogen-bond acceptors (Lipinski definition) is 4. The van der Waals surface area contributed by atoms with E-state index in [-0.39, 0.29) is 11.8 Å². The van der Waals surface area contributed by atoms with Gasteiger partial charge in [0.25, 0.3) is 0 Å². The third-order valence-electron chi connectivity index (χ3n) is 4.47. The molecule has 132 valence electrons. The van der Waals surface area contributed by atoms with E-state index in [1.807, 2.05) is 12.1 Å². The molecule has 0 spiro atoms. The molecular weight excluding hydrogens is 306 g/mol. The Bertz CT molecular complexity index is 557. The Morgan fingerprint density at radius 2 is 2.12 bits per heavy atom. The highest BCUT2D eigenvalue weighted by molar-refractivity contribution is 5.80. The van der Waals surface area contributed by atoms with Crippen LogP contribution in [-0.2, 0) is 11.3 Å². The number of piperidine rings is 1. The monoisotopic (exact) mass is 333 g/mol. The van der Waals surface area contributed by atoms with Crippen LogP contribution in [0.15, 0.2) is 18.3 Å². The molecule has 0 radical (unpaired) electrons. The number of aromatic nitrogens is 1. The quantitative estimate of drug-likeness (QED) is 0.822. The maximum atomic E-state index is 12.3. The van der Waals surface area contributed by atoms with E-state index in [0.29, 0.717) is 19.6 Å². The van der Waals surface area contributed by atoms with E-state index >= 15 is 0 Å². The number of hydrogen-bond donors (Lipinski definition) is 2. The highest BCUT2D eigenvalue weighted by Gasteiger charge is 2.27. The van der Waals surface area contributed by atoms with Gasteiger partial charge in [-0.2, -0.15) is 0 Å². The minimum Gasteiger partial charge on any atom is -0.357 e. The zero-order valence-electron chi connectivity index (χ0n) is 14.5. The van der Waals surface area contributed by atoms with Gasteiger partial charge in [0.05, 0.1) is 5.92 Å². The summed E-state index contributed by atoms with van der Waals surface area (Å²) in [4.78, 5) is 31.7. The van der Waals surface area contributed by atoms with Crippen molar-refractivity contribution in [2.75, 3.05) is 31.1 Å². The summed E-state index contributed by atoms with van der Waals surface area (Å²) in [7, 11) is 0. The number of anilines is 1. The van der Waals surface area contributed by atoms with Gasteiger partial charge in [0.2, 0.25) is 5.91 Å². The van der Waals surface area contributed by atoms with Crippen LogP contribution in [0.3, 0.4) is 0 Å². The number of urea groups is 1. The van der Waals surface area contributed by atoms with Crippen molar-refractivity contribution in [2.45, 2.75) is 33.2 Å². The molecule has 2 rings (SSSR count). The van der Waals surface area contributed by atoms with Gasteiger partial charge >= 0.3 is 6.03 Å². The van der Waals surface area contributed by atoms with Gasteiger partial charge in [0.1, 0.15) is 5.82 Å². The van der Waals surface area contributed by atoms with Crippen LogP contribution in [0.25, 0.3) is 0 Å². The fourth-order valence-corrected chi connectivity index (χ4v) is 2.98. The fraction of sp³-hybridized carbons (Fsp3) is 0.588. The van der Waals surface area contributed by atoms with Gasteiger partial charge in [0.15, 0.2) is 0 Å². The molecule has 0 saturated carbocycles. The average Bonchev–Trinajstić information content (AvgIpc) is 2.62. The lowest BCUT2D eigenvalue weighted by atomic mass is 9.97. The third kappa shape index (κ3) is 4.59. The molecule has 1 aromatic rings. The fourth-order valence-electron chi connectivity index (χ4n) is 2.98. The van der Waals surface area contributed by atoms with Crippen molar-refractivity contribution in [2.24, 2.45) is 11.7 Å². The smallest absolute Gasteiger partial charge is 0.314 e. The largest absolute Gasteiger partial charge is 0.357 e. The molecule has 1 saturated heterocycles. The van der Waals surface area contributed by atoms with Gasteiger partial charge in [0, 0.05) is 38.9 Å². The molecular formula is C17H27N5O2. The van der Waals surface area contributed by atoms with Crippen LogP contribution in [-0.4, -0.2) is 48.0 Å². The molecule has 0 unspecified atom stereocenters. The van der Waals surface area contributed by atoms with Crippen LogP contribution in [0.2, 0.25) is 0 Å². The van der Waals surface area contributed by atoms with E-state index in [1.165, 1.54) is 4.90 Å².